The van der Waals surface area contributed by atoms with Crippen LogP contribution in [0.3, 0.4) is 0 Å². The summed E-state index contributed by atoms with van der Waals surface area (Å²) < 4.78 is 27.5. The number of carbonyl (C=O) groups is 2. The first kappa shape index (κ1) is 28.2. The number of hydrogen-bond acceptors (Lipinski definition) is 4. The molecule has 0 heterocycles. The fraction of sp³-hybridized carbons (Fsp3) is 0.481. The molecule has 36 heavy (non-hydrogen) atoms. The van der Waals surface area contributed by atoms with Crippen LogP contribution in [0.25, 0.3) is 0 Å². The van der Waals surface area contributed by atoms with Crippen LogP contribution in [-0.4, -0.2) is 50.0 Å². The summed E-state index contributed by atoms with van der Waals surface area (Å²) in [5, 5.41) is 3.11. The Labute approximate surface area is 223 Å². The molecule has 2 aromatic carbocycles. The average Bonchev–Trinajstić information content (AvgIpc) is 2.79. The Morgan fingerprint density at radius 2 is 1.69 bits per heavy atom. The summed E-state index contributed by atoms with van der Waals surface area (Å²) in [6.07, 6.45) is 6.31. The summed E-state index contributed by atoms with van der Waals surface area (Å²) in [5.41, 5.74) is 3.08. The highest BCUT2D eigenvalue weighted by molar-refractivity contribution is 9.10. The monoisotopic (exact) mass is 577 g/mol. The van der Waals surface area contributed by atoms with Crippen molar-refractivity contribution >= 4 is 43.5 Å². The molecule has 1 saturated carbocycles. The van der Waals surface area contributed by atoms with Gasteiger partial charge in [0, 0.05) is 17.1 Å². The lowest BCUT2D eigenvalue weighted by molar-refractivity contribution is -0.139. The van der Waals surface area contributed by atoms with Crippen LogP contribution in [0.1, 0.15) is 55.7 Å². The molecule has 0 saturated heterocycles. The molecule has 0 bridgehead atoms. The van der Waals surface area contributed by atoms with Gasteiger partial charge in [0.05, 0.1) is 11.9 Å². The quantitative estimate of drug-likeness (QED) is 0.468. The minimum absolute atomic E-state index is 0.110. The number of aryl methyl sites for hydroxylation is 2. The third kappa shape index (κ3) is 7.80. The predicted octanol–water partition coefficient (Wildman–Crippen LogP) is 4.70. The van der Waals surface area contributed by atoms with Gasteiger partial charge >= 0.3 is 0 Å². The van der Waals surface area contributed by atoms with E-state index in [0.29, 0.717) is 5.69 Å². The summed E-state index contributed by atoms with van der Waals surface area (Å²) in [4.78, 5) is 28.4. The van der Waals surface area contributed by atoms with Crippen LogP contribution in [0.4, 0.5) is 5.69 Å². The minimum Gasteiger partial charge on any atom is -0.352 e. The predicted molar refractivity (Wildman–Crippen MR) is 147 cm³/mol. The van der Waals surface area contributed by atoms with E-state index in [2.05, 4.69) is 21.2 Å². The van der Waals surface area contributed by atoms with Crippen LogP contribution in [0.15, 0.2) is 46.9 Å². The number of sulfonamides is 1. The smallest absolute Gasteiger partial charge is 0.244 e. The van der Waals surface area contributed by atoms with E-state index in [1.807, 2.05) is 44.2 Å². The third-order valence-corrected chi connectivity index (χ3v) is 8.17. The Bertz CT molecular complexity index is 1180. The standard InChI is InChI=1S/C27H36BrN3O4S/c1-19-13-20(2)15-25(14-19)31(36(4,34)35)18-26(32)30(17-22-9-8-10-23(28)16-22)21(3)27(33)29-24-11-6-5-7-12-24/h8-10,13-16,21,24H,5-7,11-12,17-18H2,1-4H3,(H,29,33)/t21-/m0/s1. The Balaban J connectivity index is 1.89. The maximum Gasteiger partial charge on any atom is 0.244 e. The van der Waals surface area contributed by atoms with Crippen molar-refractivity contribution in [3.63, 3.8) is 0 Å². The molecule has 0 unspecified atom stereocenters. The average molecular weight is 579 g/mol. The number of rotatable bonds is 9. The van der Waals surface area contributed by atoms with Gasteiger partial charge in [-0.25, -0.2) is 8.42 Å². The summed E-state index contributed by atoms with van der Waals surface area (Å²) >= 11 is 3.46. The Hall–Kier alpha value is -2.39. The van der Waals surface area contributed by atoms with Crippen molar-refractivity contribution in [2.45, 2.75) is 71.5 Å². The molecule has 196 valence electrons. The van der Waals surface area contributed by atoms with Gasteiger partial charge in [0.1, 0.15) is 12.6 Å². The van der Waals surface area contributed by atoms with Crippen LogP contribution in [0.2, 0.25) is 0 Å². The number of amides is 2. The van der Waals surface area contributed by atoms with Crippen LogP contribution in [0, 0.1) is 13.8 Å². The molecule has 1 atom stereocenters. The van der Waals surface area contributed by atoms with Gasteiger partial charge in [-0.1, -0.05) is 53.4 Å². The summed E-state index contributed by atoms with van der Waals surface area (Å²) in [7, 11) is -3.75. The molecule has 7 nitrogen and oxygen atoms in total. The van der Waals surface area contributed by atoms with Crippen molar-refractivity contribution in [2.24, 2.45) is 0 Å². The van der Waals surface area contributed by atoms with Gasteiger partial charge in [0.25, 0.3) is 0 Å². The van der Waals surface area contributed by atoms with Crippen molar-refractivity contribution < 1.29 is 18.0 Å². The number of halogens is 1. The van der Waals surface area contributed by atoms with Gasteiger partial charge < -0.3 is 10.2 Å². The number of benzene rings is 2. The molecule has 3 rings (SSSR count). The molecule has 0 aliphatic heterocycles. The molecule has 1 N–H and O–H groups in total. The van der Waals surface area contributed by atoms with E-state index in [0.717, 1.165) is 57.4 Å². The summed E-state index contributed by atoms with van der Waals surface area (Å²) in [6.45, 7) is 5.26. The van der Waals surface area contributed by atoms with Crippen LogP contribution in [-0.2, 0) is 26.2 Å². The Morgan fingerprint density at radius 3 is 2.28 bits per heavy atom. The first-order chi connectivity index (χ1) is 16.9. The molecule has 0 radical (unpaired) electrons. The van der Waals surface area contributed by atoms with Gasteiger partial charge in [-0.3, -0.25) is 13.9 Å². The van der Waals surface area contributed by atoms with E-state index in [-0.39, 0.29) is 18.5 Å². The zero-order chi connectivity index (χ0) is 26.5. The highest BCUT2D eigenvalue weighted by Crippen LogP contribution is 2.23. The Kier molecular flexibility index (Phi) is 9.58. The lowest BCUT2D eigenvalue weighted by Gasteiger charge is -2.33. The fourth-order valence-electron chi connectivity index (χ4n) is 4.69. The second kappa shape index (κ2) is 12.2. The van der Waals surface area contributed by atoms with Crippen molar-refractivity contribution in [2.75, 3.05) is 17.1 Å². The topological polar surface area (TPSA) is 86.8 Å². The van der Waals surface area contributed by atoms with Gasteiger partial charge in [0.2, 0.25) is 21.8 Å². The van der Waals surface area contributed by atoms with Crippen LogP contribution >= 0.6 is 15.9 Å². The van der Waals surface area contributed by atoms with Gasteiger partial charge in [-0.2, -0.15) is 0 Å². The fourth-order valence-corrected chi connectivity index (χ4v) is 5.97. The lowest BCUT2D eigenvalue weighted by Crippen LogP contribution is -2.53. The van der Waals surface area contributed by atoms with Crippen LogP contribution < -0.4 is 9.62 Å². The van der Waals surface area contributed by atoms with Crippen molar-refractivity contribution in [3.05, 3.63) is 63.6 Å². The van der Waals surface area contributed by atoms with Crippen molar-refractivity contribution in [1.82, 2.24) is 10.2 Å². The minimum atomic E-state index is -3.75. The van der Waals surface area contributed by atoms with Crippen LogP contribution in [0.5, 0.6) is 0 Å². The first-order valence-corrected chi connectivity index (χ1v) is 15.0. The molecule has 9 heteroatoms. The SMILES string of the molecule is Cc1cc(C)cc(N(CC(=O)N(Cc2cccc(Br)c2)[C@@H](C)C(=O)NC2CCCCC2)S(C)(=O)=O)c1. The zero-order valence-electron chi connectivity index (χ0n) is 21.5. The van der Waals surface area contributed by atoms with E-state index in [4.69, 9.17) is 0 Å². The molecule has 2 amide bonds. The number of anilines is 1. The molecule has 0 aromatic heterocycles. The number of nitrogens with zero attached hydrogens (tertiary/aromatic N) is 2. The van der Waals surface area contributed by atoms with Crippen molar-refractivity contribution in [1.29, 1.82) is 0 Å². The second-order valence-corrected chi connectivity index (χ2v) is 12.6. The Morgan fingerprint density at radius 1 is 1.06 bits per heavy atom. The van der Waals surface area contributed by atoms with Crippen molar-refractivity contribution in [3.8, 4) is 0 Å². The first-order valence-electron chi connectivity index (χ1n) is 12.3. The summed E-state index contributed by atoms with van der Waals surface area (Å²) in [5.74, 6) is -0.659. The highest BCUT2D eigenvalue weighted by Gasteiger charge is 2.31. The molecule has 1 fully saturated rings. The zero-order valence-corrected chi connectivity index (χ0v) is 23.9. The maximum absolute atomic E-state index is 13.7. The molecule has 1 aliphatic carbocycles. The normalized spacial score (nSPS) is 15.2. The number of hydrogen-bond donors (Lipinski definition) is 1. The molecule has 1 aliphatic rings. The van der Waals surface area contributed by atoms with E-state index >= 15 is 0 Å². The largest absolute Gasteiger partial charge is 0.352 e. The maximum atomic E-state index is 13.7. The second-order valence-electron chi connectivity index (χ2n) is 9.79. The van der Waals surface area contributed by atoms with Gasteiger partial charge in [0.15, 0.2) is 0 Å². The highest BCUT2D eigenvalue weighted by atomic mass is 79.9. The number of nitrogens with one attached hydrogen (secondary N) is 1. The van der Waals surface area contributed by atoms with E-state index in [9.17, 15) is 18.0 Å². The lowest BCUT2D eigenvalue weighted by atomic mass is 9.95. The molecule has 0 spiro atoms. The number of carbonyl (C=O) groups excluding carboxylic acids is 2. The molecular formula is C27H36BrN3O4S. The van der Waals surface area contributed by atoms with Gasteiger partial charge in [-0.15, -0.1) is 0 Å². The third-order valence-electron chi connectivity index (χ3n) is 6.53. The van der Waals surface area contributed by atoms with E-state index in [1.54, 1.807) is 19.1 Å². The summed E-state index contributed by atoms with van der Waals surface area (Å²) in [6, 6.07) is 12.3. The van der Waals surface area contributed by atoms with E-state index in [1.165, 1.54) is 11.3 Å². The molecular weight excluding hydrogens is 542 g/mol. The van der Waals surface area contributed by atoms with E-state index < -0.39 is 28.5 Å². The molecule has 2 aromatic rings. The van der Waals surface area contributed by atoms with Gasteiger partial charge in [-0.05, 0) is 74.6 Å².